The van der Waals surface area contributed by atoms with E-state index in [1.54, 1.807) is 24.3 Å². The zero-order valence-corrected chi connectivity index (χ0v) is 46.6. The largest absolute Gasteiger partial charge is 0.748 e. The van der Waals surface area contributed by atoms with Crippen LogP contribution < -0.4 is 0 Å². The highest BCUT2D eigenvalue weighted by molar-refractivity contribution is 7.96. The van der Waals surface area contributed by atoms with Gasteiger partial charge in [0.05, 0.1) is 40.3 Å². The molecule has 0 heterocycles. The topological polar surface area (TPSA) is 236 Å². The molecule has 74 heavy (non-hydrogen) atoms. The lowest BCUT2D eigenvalue weighted by molar-refractivity contribution is -0.194. The number of hydrogen-bond donors (Lipinski definition) is 5. The average Bonchev–Trinajstić information content (AvgIpc) is 3.77. The number of aliphatic hydroxyl groups excluding tert-OH is 2. The number of ketones is 2. The quantitative estimate of drug-likeness (QED) is 0.111. The number of aliphatic hydroxyl groups is 4. The zero-order valence-electron chi connectivity index (χ0n) is 44.9. The molecule has 5 N–H and O–H groups in total. The minimum Gasteiger partial charge on any atom is -0.748 e. The van der Waals surface area contributed by atoms with Gasteiger partial charge in [0.15, 0.2) is 32.6 Å². The van der Waals surface area contributed by atoms with Crippen molar-refractivity contribution in [1.82, 2.24) is 0 Å². The van der Waals surface area contributed by atoms with E-state index >= 15 is 0 Å². The molecule has 10 rings (SSSR count). The summed E-state index contributed by atoms with van der Waals surface area (Å²) in [5.74, 6) is -1.17. The normalized spacial score (nSPS) is 38.6. The second-order valence-electron chi connectivity index (χ2n) is 23.6. The molecule has 15 atom stereocenters. The van der Waals surface area contributed by atoms with Crippen LogP contribution in [0.25, 0.3) is 0 Å². The molecule has 6 fully saturated rings. The summed E-state index contributed by atoms with van der Waals surface area (Å²) >= 11 is 0. The summed E-state index contributed by atoms with van der Waals surface area (Å²) < 4.78 is 32.1. The molecule has 0 aliphatic heterocycles. The molecule has 0 spiro atoms. The van der Waals surface area contributed by atoms with Crippen molar-refractivity contribution >= 4 is 44.5 Å². The van der Waals surface area contributed by atoms with Gasteiger partial charge in [-0.1, -0.05) is 69.2 Å². The molecule has 8 aliphatic rings. The number of carboxylic acids is 1. The van der Waals surface area contributed by atoms with E-state index in [1.165, 1.54) is 39.2 Å². The fourth-order valence-electron chi connectivity index (χ4n) is 15.8. The summed E-state index contributed by atoms with van der Waals surface area (Å²) in [5.41, 5.74) is 2.43. The average molecular weight is 1060 g/mol. The molecule has 2 aromatic rings. The van der Waals surface area contributed by atoms with Crippen LogP contribution >= 0.6 is 0 Å². The maximum atomic E-state index is 12.4. The smallest absolute Gasteiger partial charge is 0.338 e. The Morgan fingerprint density at radius 2 is 1.15 bits per heavy atom. The van der Waals surface area contributed by atoms with Crippen molar-refractivity contribution in [2.75, 3.05) is 19.6 Å². The van der Waals surface area contributed by atoms with Crippen molar-refractivity contribution in [3.63, 3.8) is 0 Å². The Morgan fingerprint density at radius 3 is 1.58 bits per heavy atom. The number of fused-ring (bicyclic) bond motifs is 10. The van der Waals surface area contributed by atoms with Gasteiger partial charge in [-0.3, -0.25) is 9.59 Å². The first-order valence-electron chi connectivity index (χ1n) is 26.0. The van der Waals surface area contributed by atoms with Gasteiger partial charge in [0.1, 0.15) is 6.26 Å². The van der Waals surface area contributed by atoms with E-state index in [1.807, 2.05) is 26.0 Å². The van der Waals surface area contributed by atoms with Crippen LogP contribution in [0.5, 0.6) is 0 Å². The van der Waals surface area contributed by atoms with Crippen LogP contribution in [0.1, 0.15) is 114 Å². The number of ether oxygens (including phenoxy) is 1. The maximum absolute atomic E-state index is 12.4. The molecule has 9 unspecified atom stereocenters. The second-order valence-corrected chi connectivity index (χ2v) is 27.0. The highest BCUT2D eigenvalue weighted by Crippen LogP contribution is 2.68. The summed E-state index contributed by atoms with van der Waals surface area (Å²) in [6.45, 7) is 16.9. The predicted octanol–water partition coefficient (Wildman–Crippen LogP) is 8.00. The lowest BCUT2D eigenvalue weighted by Crippen LogP contribution is -2.61. The number of carboxylic acid groups (broad SMARTS) is 1. The van der Waals surface area contributed by atoms with Crippen molar-refractivity contribution in [2.45, 2.75) is 153 Å². The van der Waals surface area contributed by atoms with Crippen LogP contribution in [-0.2, 0) is 44.9 Å². The van der Waals surface area contributed by atoms with Gasteiger partial charge in [-0.25, -0.2) is 18.0 Å². The van der Waals surface area contributed by atoms with Crippen molar-refractivity contribution < 1.29 is 62.4 Å². The van der Waals surface area contributed by atoms with Crippen molar-refractivity contribution in [2.24, 2.45) is 57.2 Å². The Bertz CT molecular complexity index is 2790. The fraction of sp³-hybridized carbons (Fsp3) is 0.593. The number of esters is 1. The minimum absolute atomic E-state index is 0.00202. The van der Waals surface area contributed by atoms with Crippen LogP contribution in [0.15, 0.2) is 93.8 Å². The first-order valence-corrected chi connectivity index (χ1v) is 29.5. The molecule has 8 aliphatic carbocycles. The van der Waals surface area contributed by atoms with Gasteiger partial charge in [0, 0.05) is 45.3 Å². The Morgan fingerprint density at radius 1 is 0.716 bits per heavy atom. The molecule has 15 heteroatoms. The van der Waals surface area contributed by atoms with Gasteiger partial charge in [0.25, 0.3) is 0 Å². The number of carbonyl (C=O) groups is 4. The number of rotatable bonds is 4. The molecule has 0 bridgehead atoms. The van der Waals surface area contributed by atoms with Crippen molar-refractivity contribution in [3.05, 3.63) is 106 Å². The van der Waals surface area contributed by atoms with E-state index in [0.29, 0.717) is 25.5 Å². The first-order chi connectivity index (χ1) is 34.3. The highest BCUT2D eigenvalue weighted by atomic mass is 32.2. The molecule has 6 saturated carbocycles. The maximum Gasteiger partial charge on any atom is 0.338 e. The number of methoxy groups -OCH3 is 1. The third kappa shape index (κ3) is 9.78. The Balaban J connectivity index is 0.000000157. The summed E-state index contributed by atoms with van der Waals surface area (Å²) in [4.78, 5) is 50.7. The van der Waals surface area contributed by atoms with Gasteiger partial charge >= 0.3 is 11.9 Å². The number of benzene rings is 2. The molecular formula is C59H78O13S2. The minimum atomic E-state index is -3.92. The van der Waals surface area contributed by atoms with Crippen LogP contribution in [0.2, 0.25) is 0 Å². The van der Waals surface area contributed by atoms with Gasteiger partial charge in [-0.05, 0) is 175 Å². The molecular weight excluding hydrogens is 981 g/mol. The third-order valence-electron chi connectivity index (χ3n) is 20.0. The SMILES string of the molecule is COC(=O)[C@]1(O)CCC2C3CCC4=CC(=O)C=C[C@]4(C)C3C(O)C[C@@]21C.CS(=O)(=O)[O-].C[C@]12C=CC(=O)C=C1CCC1C2C(O)C[C@@]2(C)C1CC[C@@]2(O)C(=O)O.Cc1cc([S+](C)c2ccccc2)c(C)c(C)c1C. The predicted molar refractivity (Wildman–Crippen MR) is 283 cm³/mol. The summed E-state index contributed by atoms with van der Waals surface area (Å²) in [6.07, 6.45) is 18.2. The van der Waals surface area contributed by atoms with Crippen LogP contribution in [0, 0.1) is 84.9 Å². The van der Waals surface area contributed by atoms with E-state index in [2.05, 4.69) is 84.2 Å². The van der Waals surface area contributed by atoms with E-state index < -0.39 is 56.3 Å². The van der Waals surface area contributed by atoms with Gasteiger partial charge in [0.2, 0.25) is 0 Å². The van der Waals surface area contributed by atoms with Crippen molar-refractivity contribution in [3.8, 4) is 0 Å². The lowest BCUT2D eigenvalue weighted by atomic mass is 9.46. The number of aliphatic carboxylic acids is 1. The molecule has 0 aromatic heterocycles. The van der Waals surface area contributed by atoms with E-state index in [4.69, 9.17) is 17.7 Å². The van der Waals surface area contributed by atoms with Crippen LogP contribution in [-0.4, -0.2) is 105 Å². The van der Waals surface area contributed by atoms with Gasteiger partial charge in [-0.15, -0.1) is 0 Å². The van der Waals surface area contributed by atoms with E-state index in [9.17, 15) is 44.7 Å². The molecule has 0 saturated heterocycles. The standard InChI is InChI=1S/C21H28O5.C20H26O5.C17H21S.CH4O3S/c1-19-8-6-13(22)10-12(19)4-5-14-15-7-9-21(25,18(24)26-3)20(15,2)11-16(23)17(14)19;1-18-7-5-12(21)9-11(18)3-4-13-14-6-8-20(25,17(23)24)19(14,2)10-15(22)16(13)18;1-12-11-17(15(4)14(3)13(12)2)18(5)16-9-7-6-8-10-16;1-5(2,3)4/h6,8,10,14-17,23,25H,4-5,7,9,11H2,1-3H3;5,7,9,13-16,22,25H,3-4,6,8,10H2,1-2H3,(H,23,24);6-11H,1-5H3;1H3,(H,2,3,4)/q;;+1;/p-1/t14?,15?,16?,17?,19-,20-,21+;13?,14?,15?,16?,18-,19-,20+;;/m00../s1. The van der Waals surface area contributed by atoms with Crippen molar-refractivity contribution in [1.29, 1.82) is 0 Å². The third-order valence-corrected chi connectivity index (χ3v) is 22.1. The highest BCUT2D eigenvalue weighted by Gasteiger charge is 2.70. The van der Waals surface area contributed by atoms with Gasteiger partial charge < -0.3 is 34.8 Å². The number of allylic oxidation sites excluding steroid dienone is 8. The Kier molecular flexibility index (Phi) is 16.0. The Labute approximate surface area is 440 Å². The molecule has 2 aromatic carbocycles. The monoisotopic (exact) mass is 1060 g/mol. The second kappa shape index (κ2) is 20.6. The van der Waals surface area contributed by atoms with Crippen LogP contribution in [0.3, 0.4) is 0 Å². The molecule has 0 radical (unpaired) electrons. The van der Waals surface area contributed by atoms with Crippen LogP contribution in [0.4, 0.5) is 0 Å². The fourth-order valence-corrected chi connectivity index (χ4v) is 17.5. The van der Waals surface area contributed by atoms with Gasteiger partial charge in [-0.2, -0.15) is 0 Å². The lowest BCUT2D eigenvalue weighted by Gasteiger charge is -2.59. The Hall–Kier alpha value is -4.22. The molecule has 0 amide bonds. The summed E-state index contributed by atoms with van der Waals surface area (Å²) in [6, 6.07) is 13.2. The van der Waals surface area contributed by atoms with E-state index in [0.717, 1.165) is 43.3 Å². The number of hydrogen-bond acceptors (Lipinski definition) is 12. The molecule has 404 valence electrons. The van der Waals surface area contributed by atoms with E-state index in [-0.39, 0.29) is 81.6 Å². The summed E-state index contributed by atoms with van der Waals surface area (Å²) in [5, 5.41) is 53.9. The first kappa shape index (κ1) is 57.5. The zero-order chi connectivity index (χ0) is 54.9. The summed E-state index contributed by atoms with van der Waals surface area (Å²) in [7, 11) is -2.45. The molecule has 13 nitrogen and oxygen atoms in total. The number of carbonyl (C=O) groups excluding carboxylic acids is 3. The number of aryl methyl sites for hydroxylation is 1.